The highest BCUT2D eigenvalue weighted by Gasteiger charge is 2.02. The summed E-state index contributed by atoms with van der Waals surface area (Å²) in [5.74, 6) is 0.444. The Morgan fingerprint density at radius 2 is 2.07 bits per heavy atom. The lowest BCUT2D eigenvalue weighted by molar-refractivity contribution is -0.119. The molecule has 15 heavy (non-hydrogen) atoms. The molecule has 0 aliphatic heterocycles. The molecule has 0 saturated carbocycles. The standard InChI is InChI=1S/C13H20OS/c1-2-3-4-7-12(14)8-5-9-13-10-6-11-15-13/h6,10-11H,2-5,7-9H2,1H3. The summed E-state index contributed by atoms with van der Waals surface area (Å²) in [6, 6.07) is 4.22. The van der Waals surface area contributed by atoms with Crippen molar-refractivity contribution in [2.45, 2.75) is 51.9 Å². The first-order chi connectivity index (χ1) is 7.33. The van der Waals surface area contributed by atoms with Gasteiger partial charge in [-0.15, -0.1) is 11.3 Å². The summed E-state index contributed by atoms with van der Waals surface area (Å²) in [6.45, 7) is 2.17. The predicted molar refractivity (Wildman–Crippen MR) is 66.4 cm³/mol. The van der Waals surface area contributed by atoms with Gasteiger partial charge in [-0.1, -0.05) is 25.8 Å². The summed E-state index contributed by atoms with van der Waals surface area (Å²) in [6.07, 6.45) is 7.11. The van der Waals surface area contributed by atoms with Gasteiger partial charge in [0.1, 0.15) is 5.78 Å². The summed E-state index contributed by atoms with van der Waals surface area (Å²) < 4.78 is 0. The van der Waals surface area contributed by atoms with Crippen LogP contribution in [-0.4, -0.2) is 5.78 Å². The van der Waals surface area contributed by atoms with Gasteiger partial charge in [0.05, 0.1) is 0 Å². The lowest BCUT2D eigenvalue weighted by Crippen LogP contribution is -1.98. The van der Waals surface area contributed by atoms with Gasteiger partial charge < -0.3 is 0 Å². The molecule has 0 aromatic carbocycles. The van der Waals surface area contributed by atoms with Crippen molar-refractivity contribution < 1.29 is 4.79 Å². The third kappa shape index (κ3) is 5.73. The Morgan fingerprint density at radius 3 is 2.73 bits per heavy atom. The van der Waals surface area contributed by atoms with E-state index >= 15 is 0 Å². The summed E-state index contributed by atoms with van der Waals surface area (Å²) in [4.78, 5) is 12.8. The van der Waals surface area contributed by atoms with Crippen LogP contribution in [0.15, 0.2) is 17.5 Å². The minimum absolute atomic E-state index is 0.444. The van der Waals surface area contributed by atoms with Crippen LogP contribution in [0.1, 0.15) is 50.3 Å². The van der Waals surface area contributed by atoms with Crippen LogP contribution in [0.4, 0.5) is 0 Å². The number of carbonyl (C=O) groups excluding carboxylic acids is 1. The van der Waals surface area contributed by atoms with E-state index in [2.05, 4.69) is 24.4 Å². The van der Waals surface area contributed by atoms with Crippen molar-refractivity contribution in [2.75, 3.05) is 0 Å². The second kappa shape index (κ2) is 7.63. The first-order valence-electron chi connectivity index (χ1n) is 5.87. The maximum absolute atomic E-state index is 11.4. The zero-order chi connectivity index (χ0) is 10.9. The molecule has 1 nitrogen and oxygen atoms in total. The Balaban J connectivity index is 2.02. The highest BCUT2D eigenvalue weighted by molar-refractivity contribution is 7.09. The Bertz CT molecular complexity index is 264. The number of carbonyl (C=O) groups is 1. The highest BCUT2D eigenvalue weighted by Crippen LogP contribution is 2.13. The van der Waals surface area contributed by atoms with Gasteiger partial charge in [-0.2, -0.15) is 0 Å². The van der Waals surface area contributed by atoms with Crippen molar-refractivity contribution in [3.8, 4) is 0 Å². The second-order valence-corrected chi connectivity index (χ2v) is 4.96. The van der Waals surface area contributed by atoms with Gasteiger partial charge >= 0.3 is 0 Å². The summed E-state index contributed by atoms with van der Waals surface area (Å²) in [5, 5.41) is 2.10. The van der Waals surface area contributed by atoms with Crippen molar-refractivity contribution in [3.05, 3.63) is 22.4 Å². The van der Waals surface area contributed by atoms with Crippen LogP contribution in [0.5, 0.6) is 0 Å². The van der Waals surface area contributed by atoms with Crippen LogP contribution in [0.3, 0.4) is 0 Å². The Labute approximate surface area is 96.5 Å². The molecule has 0 saturated heterocycles. The van der Waals surface area contributed by atoms with Crippen LogP contribution >= 0.6 is 11.3 Å². The molecule has 2 heteroatoms. The molecule has 84 valence electrons. The summed E-state index contributed by atoms with van der Waals surface area (Å²) in [7, 11) is 0. The van der Waals surface area contributed by atoms with E-state index in [0.717, 1.165) is 32.1 Å². The largest absolute Gasteiger partial charge is 0.300 e. The molecular formula is C13H20OS. The van der Waals surface area contributed by atoms with Gasteiger partial charge in [-0.05, 0) is 30.7 Å². The molecular weight excluding hydrogens is 204 g/mol. The van der Waals surface area contributed by atoms with Crippen molar-refractivity contribution >= 4 is 17.1 Å². The summed E-state index contributed by atoms with van der Waals surface area (Å²) in [5.41, 5.74) is 0. The van der Waals surface area contributed by atoms with Crippen LogP contribution in [0.2, 0.25) is 0 Å². The lowest BCUT2D eigenvalue weighted by atomic mass is 10.1. The van der Waals surface area contributed by atoms with Crippen molar-refractivity contribution in [1.82, 2.24) is 0 Å². The maximum Gasteiger partial charge on any atom is 0.132 e. The number of rotatable bonds is 8. The normalized spacial score (nSPS) is 10.5. The zero-order valence-electron chi connectivity index (χ0n) is 9.50. The van der Waals surface area contributed by atoms with E-state index in [-0.39, 0.29) is 0 Å². The maximum atomic E-state index is 11.4. The predicted octanol–water partition coefficient (Wildman–Crippen LogP) is 4.22. The number of aryl methyl sites for hydroxylation is 1. The van der Waals surface area contributed by atoms with E-state index in [0.29, 0.717) is 5.78 Å². The lowest BCUT2D eigenvalue weighted by Gasteiger charge is -1.99. The minimum Gasteiger partial charge on any atom is -0.300 e. The van der Waals surface area contributed by atoms with Crippen LogP contribution < -0.4 is 0 Å². The minimum atomic E-state index is 0.444. The van der Waals surface area contributed by atoms with Gasteiger partial charge in [0.15, 0.2) is 0 Å². The van der Waals surface area contributed by atoms with Crippen molar-refractivity contribution in [2.24, 2.45) is 0 Å². The molecule has 0 fully saturated rings. The fourth-order valence-electron chi connectivity index (χ4n) is 1.61. The van der Waals surface area contributed by atoms with E-state index < -0.39 is 0 Å². The molecule has 0 radical (unpaired) electrons. The van der Waals surface area contributed by atoms with Gasteiger partial charge in [0.2, 0.25) is 0 Å². The number of thiophene rings is 1. The van der Waals surface area contributed by atoms with E-state index in [9.17, 15) is 4.79 Å². The topological polar surface area (TPSA) is 17.1 Å². The molecule has 1 aromatic heterocycles. The molecule has 0 amide bonds. The zero-order valence-corrected chi connectivity index (χ0v) is 10.3. The Morgan fingerprint density at radius 1 is 1.27 bits per heavy atom. The van der Waals surface area contributed by atoms with Crippen molar-refractivity contribution in [3.63, 3.8) is 0 Å². The van der Waals surface area contributed by atoms with Gasteiger partial charge in [-0.3, -0.25) is 4.79 Å². The molecule has 0 aliphatic rings. The van der Waals surface area contributed by atoms with Crippen LogP contribution in [0.25, 0.3) is 0 Å². The third-order valence-electron chi connectivity index (χ3n) is 2.52. The highest BCUT2D eigenvalue weighted by atomic mass is 32.1. The number of unbranched alkanes of at least 4 members (excludes halogenated alkanes) is 2. The fourth-order valence-corrected chi connectivity index (χ4v) is 2.36. The number of Topliss-reactive ketones (excluding diaryl/α,β-unsaturated/α-hetero) is 1. The fraction of sp³-hybridized carbons (Fsp3) is 0.615. The number of hydrogen-bond donors (Lipinski definition) is 0. The van der Waals surface area contributed by atoms with Crippen LogP contribution in [-0.2, 0) is 11.2 Å². The third-order valence-corrected chi connectivity index (χ3v) is 3.45. The molecule has 0 spiro atoms. The van der Waals surface area contributed by atoms with E-state index in [1.807, 2.05) is 0 Å². The molecule has 1 heterocycles. The molecule has 1 rings (SSSR count). The first-order valence-corrected chi connectivity index (χ1v) is 6.75. The van der Waals surface area contributed by atoms with Gasteiger partial charge in [-0.25, -0.2) is 0 Å². The average molecular weight is 224 g/mol. The molecule has 0 atom stereocenters. The van der Waals surface area contributed by atoms with E-state index in [1.165, 1.54) is 17.7 Å². The molecule has 0 bridgehead atoms. The van der Waals surface area contributed by atoms with E-state index in [1.54, 1.807) is 11.3 Å². The second-order valence-electron chi connectivity index (χ2n) is 3.93. The smallest absolute Gasteiger partial charge is 0.132 e. The Hall–Kier alpha value is -0.630. The number of ketones is 1. The molecule has 1 aromatic rings. The van der Waals surface area contributed by atoms with Crippen molar-refractivity contribution in [1.29, 1.82) is 0 Å². The van der Waals surface area contributed by atoms with E-state index in [4.69, 9.17) is 0 Å². The summed E-state index contributed by atoms with van der Waals surface area (Å²) >= 11 is 1.78. The van der Waals surface area contributed by atoms with Crippen LogP contribution in [0, 0.1) is 0 Å². The average Bonchev–Trinajstić information content (AvgIpc) is 2.71. The quantitative estimate of drug-likeness (QED) is 0.604. The monoisotopic (exact) mass is 224 g/mol. The number of hydrogen-bond acceptors (Lipinski definition) is 2. The molecule has 0 aliphatic carbocycles. The first kappa shape index (κ1) is 12.4. The van der Waals surface area contributed by atoms with Gasteiger partial charge in [0.25, 0.3) is 0 Å². The molecule has 0 unspecified atom stereocenters. The molecule has 0 N–H and O–H groups in total. The SMILES string of the molecule is CCCCCC(=O)CCCc1cccs1. The Kier molecular flexibility index (Phi) is 6.33. The van der Waals surface area contributed by atoms with Gasteiger partial charge in [0, 0.05) is 17.7 Å².